The van der Waals surface area contributed by atoms with E-state index in [1.54, 1.807) is 6.08 Å². The Kier molecular flexibility index (Phi) is 44.0. The molecule has 3 fully saturated rings. The van der Waals surface area contributed by atoms with Crippen molar-refractivity contribution in [2.45, 2.75) is 336 Å². The zero-order chi connectivity index (χ0) is 61.9. The molecule has 0 saturated carbocycles. The van der Waals surface area contributed by atoms with Gasteiger partial charge in [-0.05, 0) is 64.2 Å². The number of allylic oxidation sites excluding steroid dienone is 7. The van der Waals surface area contributed by atoms with Crippen molar-refractivity contribution in [3.8, 4) is 0 Å². The third kappa shape index (κ3) is 31.4. The lowest BCUT2D eigenvalue weighted by molar-refractivity contribution is -0.379. The molecular formula is C66H119NO18. The van der Waals surface area contributed by atoms with E-state index in [1.165, 1.54) is 135 Å². The van der Waals surface area contributed by atoms with Crippen molar-refractivity contribution in [3.05, 3.63) is 48.6 Å². The van der Waals surface area contributed by atoms with E-state index in [0.29, 0.717) is 12.8 Å². The van der Waals surface area contributed by atoms with E-state index in [2.05, 4.69) is 55.6 Å². The van der Waals surface area contributed by atoms with Gasteiger partial charge in [-0.3, -0.25) is 4.79 Å². The van der Waals surface area contributed by atoms with Gasteiger partial charge in [0.1, 0.15) is 73.2 Å². The number of aliphatic hydroxyl groups is 11. The third-order valence-electron chi connectivity index (χ3n) is 16.6. The van der Waals surface area contributed by atoms with Gasteiger partial charge in [-0.15, -0.1) is 0 Å². The molecular weight excluding hydrogens is 1090 g/mol. The molecule has 3 rings (SSSR count). The van der Waals surface area contributed by atoms with Crippen LogP contribution in [0.3, 0.4) is 0 Å². The highest BCUT2D eigenvalue weighted by molar-refractivity contribution is 5.76. The van der Waals surface area contributed by atoms with Crippen molar-refractivity contribution >= 4 is 5.91 Å². The van der Waals surface area contributed by atoms with Crippen molar-refractivity contribution < 1.29 is 89.4 Å². The van der Waals surface area contributed by atoms with E-state index in [1.807, 2.05) is 6.08 Å². The fraction of sp³-hybridized carbons (Fsp3) is 0.864. The van der Waals surface area contributed by atoms with Gasteiger partial charge >= 0.3 is 0 Å². The second-order valence-electron chi connectivity index (χ2n) is 23.9. The summed E-state index contributed by atoms with van der Waals surface area (Å²) in [6, 6.07) is -1.00. The fourth-order valence-corrected chi connectivity index (χ4v) is 11.1. The molecule has 19 heteroatoms. The zero-order valence-electron chi connectivity index (χ0n) is 52.1. The molecule has 0 bridgehead atoms. The standard InChI is InChI=1S/C66H119NO18/c1-3-5-7-9-11-13-15-16-17-18-19-20-21-22-23-24-25-26-27-28-29-30-31-32-34-35-37-39-41-43-50(71)49(67-54(72)44-42-40-38-36-33-14-12-10-8-6-4-2)48-80-64-60(78)57(75)62(52(46-69)82-64)85-66-61(79)58(76)63(53(47-70)83-66)84-65-59(77)56(74)55(73)51(45-68)81-65/h10,12,29-30,34-35,41,43,49-53,55-66,68-71,73-79H,3-9,11,13-28,31-33,36-40,42,44-48H2,1-2H3,(H,67,72)/b12-10-,30-29+,35-34+,43-41+. The van der Waals surface area contributed by atoms with Crippen LogP contribution < -0.4 is 5.32 Å². The highest BCUT2D eigenvalue weighted by Gasteiger charge is 2.53. The van der Waals surface area contributed by atoms with Crippen LogP contribution in [0.2, 0.25) is 0 Å². The van der Waals surface area contributed by atoms with Crippen LogP contribution in [0.5, 0.6) is 0 Å². The Morgan fingerprint density at radius 3 is 1.21 bits per heavy atom. The van der Waals surface area contributed by atoms with E-state index in [4.69, 9.17) is 28.4 Å². The Labute approximate surface area is 510 Å². The van der Waals surface area contributed by atoms with Crippen LogP contribution in [0.25, 0.3) is 0 Å². The maximum atomic E-state index is 13.3. The number of carbonyl (C=O) groups is 1. The molecule has 19 nitrogen and oxygen atoms in total. The predicted octanol–water partition coefficient (Wildman–Crippen LogP) is 7.83. The maximum absolute atomic E-state index is 13.3. The van der Waals surface area contributed by atoms with Gasteiger partial charge in [-0.25, -0.2) is 0 Å². The number of amides is 1. The van der Waals surface area contributed by atoms with Crippen molar-refractivity contribution in [2.75, 3.05) is 26.4 Å². The first-order valence-electron chi connectivity index (χ1n) is 33.4. The minimum Gasteiger partial charge on any atom is -0.394 e. The second kappa shape index (κ2) is 48.6. The lowest BCUT2D eigenvalue weighted by Crippen LogP contribution is -2.66. The molecule has 0 aliphatic carbocycles. The number of rotatable bonds is 50. The van der Waals surface area contributed by atoms with Crippen LogP contribution >= 0.6 is 0 Å². The largest absolute Gasteiger partial charge is 0.394 e. The van der Waals surface area contributed by atoms with Crippen molar-refractivity contribution in [1.82, 2.24) is 5.32 Å². The van der Waals surface area contributed by atoms with Crippen LogP contribution in [-0.4, -0.2) is 193 Å². The van der Waals surface area contributed by atoms with E-state index >= 15 is 0 Å². The molecule has 12 N–H and O–H groups in total. The molecule has 85 heavy (non-hydrogen) atoms. The van der Waals surface area contributed by atoms with Gasteiger partial charge in [0.15, 0.2) is 18.9 Å². The molecule has 0 aromatic carbocycles. The van der Waals surface area contributed by atoms with Crippen LogP contribution in [0, 0.1) is 0 Å². The molecule has 0 radical (unpaired) electrons. The highest BCUT2D eigenvalue weighted by atomic mass is 16.8. The summed E-state index contributed by atoms with van der Waals surface area (Å²) in [5.41, 5.74) is 0. The molecule has 1 amide bonds. The van der Waals surface area contributed by atoms with Gasteiger partial charge in [-0.2, -0.15) is 0 Å². The average molecular weight is 1210 g/mol. The first kappa shape index (κ1) is 77.0. The van der Waals surface area contributed by atoms with Crippen molar-refractivity contribution in [2.24, 2.45) is 0 Å². The second-order valence-corrected chi connectivity index (χ2v) is 23.9. The SMILES string of the molecule is CCCC/C=C\CCCCCCCC(=O)NC(COC1OC(CO)C(OC2OC(CO)C(OC3OC(CO)C(O)C(O)C3O)C(O)C2O)C(O)C1O)C(O)/C=C/CC/C=C/CC/C=C/CCCCCCCCCCCCCCCCCCCCC. The summed E-state index contributed by atoms with van der Waals surface area (Å²) in [5.74, 6) is -0.301. The molecule has 3 saturated heterocycles. The topological polar surface area (TPSA) is 307 Å². The Hall–Kier alpha value is -2.25. The normalized spacial score (nSPS) is 29.3. The lowest BCUT2D eigenvalue weighted by atomic mass is 9.96. The average Bonchev–Trinajstić information content (AvgIpc) is 3.70. The number of ether oxygens (including phenoxy) is 6. The molecule has 3 aliphatic rings. The molecule has 17 unspecified atom stereocenters. The number of nitrogens with one attached hydrogen (secondary N) is 1. The Balaban J connectivity index is 1.43. The quantitative estimate of drug-likeness (QED) is 0.0204. The summed E-state index contributed by atoms with van der Waals surface area (Å²) in [4.78, 5) is 13.3. The molecule has 496 valence electrons. The fourth-order valence-electron chi connectivity index (χ4n) is 11.1. The molecule has 0 spiro atoms. The number of hydrogen-bond donors (Lipinski definition) is 12. The van der Waals surface area contributed by atoms with Crippen LogP contribution in [0.1, 0.15) is 232 Å². The summed E-state index contributed by atoms with van der Waals surface area (Å²) in [6.07, 6.45) is 29.8. The summed E-state index contributed by atoms with van der Waals surface area (Å²) >= 11 is 0. The predicted molar refractivity (Wildman–Crippen MR) is 328 cm³/mol. The van der Waals surface area contributed by atoms with Gasteiger partial charge in [-0.1, -0.05) is 210 Å². The highest BCUT2D eigenvalue weighted by Crippen LogP contribution is 2.33. The van der Waals surface area contributed by atoms with E-state index in [-0.39, 0.29) is 18.9 Å². The van der Waals surface area contributed by atoms with Gasteiger partial charge in [0, 0.05) is 6.42 Å². The molecule has 0 aromatic heterocycles. The monoisotopic (exact) mass is 1210 g/mol. The number of aliphatic hydroxyl groups excluding tert-OH is 11. The van der Waals surface area contributed by atoms with Gasteiger partial charge in [0.05, 0.1) is 38.6 Å². The molecule has 3 heterocycles. The van der Waals surface area contributed by atoms with E-state index < -0.39 is 124 Å². The molecule has 17 atom stereocenters. The summed E-state index contributed by atoms with van der Waals surface area (Å²) in [6.45, 7) is 1.65. The third-order valence-corrected chi connectivity index (χ3v) is 16.6. The maximum Gasteiger partial charge on any atom is 0.220 e. The van der Waals surface area contributed by atoms with Gasteiger partial charge in [0.25, 0.3) is 0 Å². The minimum atomic E-state index is -1.98. The Bertz CT molecular complexity index is 1740. The lowest BCUT2D eigenvalue weighted by Gasteiger charge is -2.48. The summed E-state index contributed by atoms with van der Waals surface area (Å²) in [5, 5.41) is 120. The number of hydrogen-bond acceptors (Lipinski definition) is 18. The van der Waals surface area contributed by atoms with Gasteiger partial charge < -0.3 is 89.9 Å². The first-order valence-corrected chi connectivity index (χ1v) is 33.4. The Morgan fingerprint density at radius 2 is 0.765 bits per heavy atom. The van der Waals surface area contributed by atoms with E-state index in [9.17, 15) is 61.0 Å². The van der Waals surface area contributed by atoms with Crippen molar-refractivity contribution in [1.29, 1.82) is 0 Å². The molecule has 3 aliphatic heterocycles. The van der Waals surface area contributed by atoms with E-state index in [0.717, 1.165) is 64.2 Å². The number of carbonyl (C=O) groups excluding carboxylic acids is 1. The number of unbranched alkanes of at least 4 members (excludes halogenated alkanes) is 28. The van der Waals surface area contributed by atoms with Crippen LogP contribution in [-0.2, 0) is 33.2 Å². The summed E-state index contributed by atoms with van der Waals surface area (Å²) < 4.78 is 34.2. The van der Waals surface area contributed by atoms with Gasteiger partial charge in [0.2, 0.25) is 5.91 Å². The van der Waals surface area contributed by atoms with Crippen LogP contribution in [0.4, 0.5) is 0 Å². The zero-order valence-corrected chi connectivity index (χ0v) is 52.1. The first-order chi connectivity index (χ1) is 41.3. The Morgan fingerprint density at radius 1 is 0.412 bits per heavy atom. The minimum absolute atomic E-state index is 0.220. The summed E-state index contributed by atoms with van der Waals surface area (Å²) in [7, 11) is 0. The molecule has 0 aromatic rings. The van der Waals surface area contributed by atoms with Crippen molar-refractivity contribution in [3.63, 3.8) is 0 Å². The van der Waals surface area contributed by atoms with Crippen LogP contribution in [0.15, 0.2) is 48.6 Å². The smallest absolute Gasteiger partial charge is 0.220 e.